The quantitative estimate of drug-likeness (QED) is 0.311. The molecule has 156 valence electrons. The molecule has 0 radical (unpaired) electrons. The maximum atomic E-state index is 14.1. The summed E-state index contributed by atoms with van der Waals surface area (Å²) in [4.78, 5) is 11.7. The van der Waals surface area contributed by atoms with Crippen molar-refractivity contribution in [2.24, 2.45) is 0 Å². The molecule has 3 rings (SSSR count). The Bertz CT molecular complexity index is 902. The third-order valence-corrected chi connectivity index (χ3v) is 4.91. The van der Waals surface area contributed by atoms with Crippen molar-refractivity contribution in [3.63, 3.8) is 0 Å². The maximum absolute atomic E-state index is 14.1. The van der Waals surface area contributed by atoms with E-state index in [0.717, 1.165) is 30.5 Å². The Kier molecular flexibility index (Phi) is 6.15. The second-order valence-electron chi connectivity index (χ2n) is 7.01. The van der Waals surface area contributed by atoms with Crippen molar-refractivity contribution >= 4 is 5.97 Å². The summed E-state index contributed by atoms with van der Waals surface area (Å²) in [7, 11) is 0. The molecule has 3 nitrogen and oxygen atoms in total. The molecular weight excluding hydrogens is 388 g/mol. The van der Waals surface area contributed by atoms with E-state index in [1.165, 1.54) is 0 Å². The van der Waals surface area contributed by atoms with Crippen LogP contribution in [0.2, 0.25) is 0 Å². The topological polar surface area (TPSA) is 35.5 Å². The first-order chi connectivity index (χ1) is 13.7. The molecule has 0 unspecified atom stereocenters. The van der Waals surface area contributed by atoms with Crippen LogP contribution in [-0.4, -0.2) is 5.97 Å². The van der Waals surface area contributed by atoms with Crippen molar-refractivity contribution in [3.05, 3.63) is 58.4 Å². The van der Waals surface area contributed by atoms with E-state index in [1.807, 2.05) is 6.07 Å². The van der Waals surface area contributed by atoms with Crippen LogP contribution in [0, 0.1) is 5.82 Å². The van der Waals surface area contributed by atoms with Gasteiger partial charge in [0.15, 0.2) is 0 Å². The van der Waals surface area contributed by atoms with Crippen molar-refractivity contribution in [2.45, 2.75) is 58.2 Å². The standard InChI is InChI=1S/C22H22F4O3/c1-3-13-10-17(22(24,25)26)20(11-18(13)23)28-12-16-15(14-8-9-14)6-5-7-19(16)29-21(27)4-2/h5-7,10-11,14H,3-4,8-9,12H2,1-2H3. The highest BCUT2D eigenvalue weighted by molar-refractivity contribution is 5.72. The van der Waals surface area contributed by atoms with Gasteiger partial charge in [0.2, 0.25) is 0 Å². The Morgan fingerprint density at radius 3 is 2.45 bits per heavy atom. The lowest BCUT2D eigenvalue weighted by atomic mass is 10.0. The molecular formula is C22H22F4O3. The Morgan fingerprint density at radius 1 is 1.14 bits per heavy atom. The zero-order chi connectivity index (χ0) is 21.2. The molecule has 2 aromatic rings. The van der Waals surface area contributed by atoms with Crippen molar-refractivity contribution in [3.8, 4) is 11.5 Å². The van der Waals surface area contributed by atoms with Crippen molar-refractivity contribution in [1.29, 1.82) is 0 Å². The molecule has 1 aliphatic rings. The van der Waals surface area contributed by atoms with Gasteiger partial charge >= 0.3 is 12.1 Å². The predicted molar refractivity (Wildman–Crippen MR) is 99.5 cm³/mol. The molecule has 1 fully saturated rings. The average Bonchev–Trinajstić information content (AvgIpc) is 3.50. The number of carbonyl (C=O) groups excluding carboxylic acids is 1. The number of carbonyl (C=O) groups is 1. The van der Waals surface area contributed by atoms with Gasteiger partial charge in [-0.25, -0.2) is 4.39 Å². The number of esters is 1. The molecule has 0 atom stereocenters. The van der Waals surface area contributed by atoms with E-state index >= 15 is 0 Å². The number of halogens is 4. The number of ether oxygens (including phenoxy) is 2. The lowest BCUT2D eigenvalue weighted by Crippen LogP contribution is -2.13. The van der Waals surface area contributed by atoms with E-state index in [1.54, 1.807) is 26.0 Å². The van der Waals surface area contributed by atoms with Crippen LogP contribution >= 0.6 is 0 Å². The van der Waals surface area contributed by atoms with Crippen LogP contribution in [0.5, 0.6) is 11.5 Å². The van der Waals surface area contributed by atoms with Gasteiger partial charge in [-0.05, 0) is 48.4 Å². The minimum absolute atomic E-state index is 0.0272. The van der Waals surface area contributed by atoms with Gasteiger partial charge in [-0.2, -0.15) is 13.2 Å². The molecule has 0 N–H and O–H groups in total. The lowest BCUT2D eigenvalue weighted by Gasteiger charge is -2.18. The number of benzene rings is 2. The monoisotopic (exact) mass is 410 g/mol. The van der Waals surface area contributed by atoms with Gasteiger partial charge < -0.3 is 9.47 Å². The highest BCUT2D eigenvalue weighted by Crippen LogP contribution is 2.44. The summed E-state index contributed by atoms with van der Waals surface area (Å²) in [5, 5.41) is 0. The number of alkyl halides is 3. The number of hydrogen-bond acceptors (Lipinski definition) is 3. The number of rotatable bonds is 7. The molecule has 2 aromatic carbocycles. The van der Waals surface area contributed by atoms with Gasteiger partial charge in [0.25, 0.3) is 0 Å². The second-order valence-corrected chi connectivity index (χ2v) is 7.01. The molecule has 0 heterocycles. The largest absolute Gasteiger partial charge is 0.488 e. The molecule has 29 heavy (non-hydrogen) atoms. The van der Waals surface area contributed by atoms with E-state index in [2.05, 4.69) is 0 Å². The molecule has 0 aliphatic heterocycles. The van der Waals surface area contributed by atoms with Gasteiger partial charge in [-0.3, -0.25) is 4.79 Å². The van der Waals surface area contributed by atoms with E-state index in [-0.39, 0.29) is 36.7 Å². The third-order valence-electron chi connectivity index (χ3n) is 4.91. The van der Waals surface area contributed by atoms with Crippen LogP contribution < -0.4 is 9.47 Å². The highest BCUT2D eigenvalue weighted by Gasteiger charge is 2.36. The van der Waals surface area contributed by atoms with Crippen LogP contribution in [0.1, 0.15) is 61.3 Å². The summed E-state index contributed by atoms with van der Waals surface area (Å²) >= 11 is 0. The Hall–Kier alpha value is -2.57. The molecule has 0 aromatic heterocycles. The van der Waals surface area contributed by atoms with Crippen molar-refractivity contribution in [2.75, 3.05) is 0 Å². The first-order valence-electron chi connectivity index (χ1n) is 9.59. The summed E-state index contributed by atoms with van der Waals surface area (Å²) in [6.45, 7) is 2.98. The van der Waals surface area contributed by atoms with Crippen LogP contribution in [0.25, 0.3) is 0 Å². The summed E-state index contributed by atoms with van der Waals surface area (Å²) in [5.74, 6) is -1.25. The third kappa shape index (κ3) is 4.89. The van der Waals surface area contributed by atoms with Gasteiger partial charge in [-0.1, -0.05) is 26.0 Å². The average molecular weight is 410 g/mol. The summed E-state index contributed by atoms with van der Waals surface area (Å²) in [5.41, 5.74) is 0.350. The van der Waals surface area contributed by atoms with E-state index in [9.17, 15) is 22.4 Å². The van der Waals surface area contributed by atoms with Crippen molar-refractivity contribution < 1.29 is 31.8 Å². The zero-order valence-corrected chi connectivity index (χ0v) is 16.2. The SMILES string of the molecule is CCC(=O)Oc1cccc(C2CC2)c1COc1cc(F)c(CC)cc1C(F)(F)F. The van der Waals surface area contributed by atoms with Crippen LogP contribution in [0.15, 0.2) is 30.3 Å². The first kappa shape index (κ1) is 21.1. The second kappa shape index (κ2) is 8.43. The molecule has 1 saturated carbocycles. The molecule has 0 saturated heterocycles. The van der Waals surface area contributed by atoms with Gasteiger partial charge in [0, 0.05) is 18.1 Å². The Balaban J connectivity index is 1.95. The number of hydrogen-bond donors (Lipinski definition) is 0. The van der Waals surface area contributed by atoms with Crippen molar-refractivity contribution in [1.82, 2.24) is 0 Å². The molecule has 0 spiro atoms. The fourth-order valence-corrected chi connectivity index (χ4v) is 3.17. The minimum atomic E-state index is -4.68. The lowest BCUT2D eigenvalue weighted by molar-refractivity contribution is -0.139. The summed E-state index contributed by atoms with van der Waals surface area (Å²) < 4.78 is 65.3. The van der Waals surface area contributed by atoms with Gasteiger partial charge in [-0.15, -0.1) is 0 Å². The van der Waals surface area contributed by atoms with Gasteiger partial charge in [0.1, 0.15) is 23.9 Å². The summed E-state index contributed by atoms with van der Waals surface area (Å²) in [6, 6.07) is 6.75. The van der Waals surface area contributed by atoms with Gasteiger partial charge in [0.05, 0.1) is 5.56 Å². The molecule has 7 heteroatoms. The Morgan fingerprint density at radius 2 is 1.86 bits per heavy atom. The molecule has 1 aliphatic carbocycles. The number of aryl methyl sites for hydroxylation is 1. The summed E-state index contributed by atoms with van der Waals surface area (Å²) in [6.07, 6.45) is -2.48. The smallest absolute Gasteiger partial charge is 0.419 e. The molecule has 0 amide bonds. The molecule has 0 bridgehead atoms. The first-order valence-corrected chi connectivity index (χ1v) is 9.59. The highest BCUT2D eigenvalue weighted by atomic mass is 19.4. The fourth-order valence-electron chi connectivity index (χ4n) is 3.17. The predicted octanol–water partition coefficient (Wildman–Crippen LogP) is 6.18. The van der Waals surface area contributed by atoms with Crippen LogP contribution in [0.4, 0.5) is 17.6 Å². The normalized spacial score (nSPS) is 14.0. The maximum Gasteiger partial charge on any atom is 0.419 e. The van der Waals surface area contributed by atoms with Crippen LogP contribution in [0.3, 0.4) is 0 Å². The fraction of sp³-hybridized carbons (Fsp3) is 0.409. The van der Waals surface area contributed by atoms with E-state index in [4.69, 9.17) is 9.47 Å². The minimum Gasteiger partial charge on any atom is -0.488 e. The Labute approximate surface area is 166 Å². The van der Waals surface area contributed by atoms with E-state index in [0.29, 0.717) is 5.56 Å². The van der Waals surface area contributed by atoms with Crippen LogP contribution in [-0.2, 0) is 24.0 Å². The van der Waals surface area contributed by atoms with E-state index < -0.39 is 29.3 Å². The zero-order valence-electron chi connectivity index (χ0n) is 16.2.